The Morgan fingerprint density at radius 3 is 2.73 bits per heavy atom. The van der Waals surface area contributed by atoms with Gasteiger partial charge in [0.25, 0.3) is 0 Å². The van der Waals surface area contributed by atoms with Crippen molar-refractivity contribution in [1.82, 2.24) is 15.6 Å². The Balaban J connectivity index is 0.00000338. The zero-order chi connectivity index (χ0) is 18.1. The molecular formula is C18H32IN5O2. The molecule has 0 aliphatic carbocycles. The number of pyridine rings is 1. The van der Waals surface area contributed by atoms with Gasteiger partial charge in [-0.05, 0) is 26.8 Å². The van der Waals surface area contributed by atoms with Crippen LogP contribution in [-0.4, -0.2) is 63.0 Å². The highest BCUT2D eigenvalue weighted by molar-refractivity contribution is 14.0. The first-order chi connectivity index (χ1) is 12.1. The zero-order valence-electron chi connectivity index (χ0n) is 16.2. The van der Waals surface area contributed by atoms with Crippen LogP contribution in [0.4, 0.5) is 5.82 Å². The molecule has 0 radical (unpaired) electrons. The van der Waals surface area contributed by atoms with Gasteiger partial charge in [0, 0.05) is 45.0 Å². The lowest BCUT2D eigenvalue weighted by molar-refractivity contribution is 0.0268. The summed E-state index contributed by atoms with van der Waals surface area (Å²) in [5.74, 6) is 1.78. The molecule has 2 N–H and O–H groups in total. The van der Waals surface area contributed by atoms with E-state index in [1.165, 1.54) is 0 Å². The molecule has 0 bridgehead atoms. The van der Waals surface area contributed by atoms with Gasteiger partial charge >= 0.3 is 0 Å². The number of anilines is 1. The van der Waals surface area contributed by atoms with Crippen LogP contribution in [0.25, 0.3) is 0 Å². The Morgan fingerprint density at radius 2 is 2.08 bits per heavy atom. The first-order valence-corrected chi connectivity index (χ1v) is 8.89. The van der Waals surface area contributed by atoms with E-state index in [-0.39, 0.29) is 29.6 Å². The van der Waals surface area contributed by atoms with Gasteiger partial charge in [-0.2, -0.15) is 0 Å². The van der Waals surface area contributed by atoms with Gasteiger partial charge in [0.2, 0.25) is 0 Å². The van der Waals surface area contributed by atoms with Crippen LogP contribution in [0.2, 0.25) is 0 Å². The van der Waals surface area contributed by atoms with Gasteiger partial charge in [0.1, 0.15) is 5.82 Å². The van der Waals surface area contributed by atoms with Crippen LogP contribution < -0.4 is 15.5 Å². The van der Waals surface area contributed by atoms with E-state index in [0.717, 1.165) is 50.2 Å². The molecule has 0 unspecified atom stereocenters. The molecule has 1 fully saturated rings. The maximum Gasteiger partial charge on any atom is 0.191 e. The molecule has 1 aromatic rings. The number of nitrogens with one attached hydrogen (secondary N) is 2. The molecule has 7 nitrogen and oxygen atoms in total. The molecule has 0 spiro atoms. The number of hydrogen-bond acceptors (Lipinski definition) is 5. The van der Waals surface area contributed by atoms with E-state index >= 15 is 0 Å². The number of aromatic nitrogens is 1. The van der Waals surface area contributed by atoms with Crippen LogP contribution >= 0.6 is 24.0 Å². The van der Waals surface area contributed by atoms with Gasteiger partial charge in [-0.1, -0.05) is 6.07 Å². The SMILES string of the molecule is CCNC(=NCc1cccnc1N1CCOCC1)NCC(C)(C)OC.I. The standard InChI is InChI=1S/C18H31N5O2.HI/c1-5-19-17(22-14-18(2,3)24-4)21-13-15-7-6-8-20-16(15)23-9-11-25-12-10-23;/h6-8H,5,9-14H2,1-4H3,(H2,19,21,22);1H. The fraction of sp³-hybridized carbons (Fsp3) is 0.667. The highest BCUT2D eigenvalue weighted by atomic mass is 127. The van der Waals surface area contributed by atoms with Crippen LogP contribution in [0, 0.1) is 0 Å². The molecule has 0 amide bonds. The lowest BCUT2D eigenvalue weighted by Crippen LogP contribution is -2.45. The minimum atomic E-state index is -0.247. The van der Waals surface area contributed by atoms with Crippen molar-refractivity contribution in [3.8, 4) is 0 Å². The average molecular weight is 477 g/mol. The monoisotopic (exact) mass is 477 g/mol. The van der Waals surface area contributed by atoms with Crippen LogP contribution in [0.15, 0.2) is 23.3 Å². The number of nitrogens with zero attached hydrogens (tertiary/aromatic N) is 3. The fourth-order valence-electron chi connectivity index (χ4n) is 2.49. The summed E-state index contributed by atoms with van der Waals surface area (Å²) in [6, 6.07) is 4.05. The van der Waals surface area contributed by atoms with E-state index in [9.17, 15) is 0 Å². The molecular weight excluding hydrogens is 445 g/mol. The van der Waals surface area contributed by atoms with Crippen molar-refractivity contribution in [2.45, 2.75) is 32.9 Å². The molecule has 1 saturated heterocycles. The summed E-state index contributed by atoms with van der Waals surface area (Å²) >= 11 is 0. The molecule has 1 aliphatic heterocycles. The fourth-order valence-corrected chi connectivity index (χ4v) is 2.49. The summed E-state index contributed by atoms with van der Waals surface area (Å²) < 4.78 is 10.9. The summed E-state index contributed by atoms with van der Waals surface area (Å²) in [6.45, 7) is 11.4. The van der Waals surface area contributed by atoms with Crippen molar-refractivity contribution >= 4 is 35.8 Å². The lowest BCUT2D eigenvalue weighted by Gasteiger charge is -2.29. The number of rotatable bonds is 7. The van der Waals surface area contributed by atoms with Crippen LogP contribution in [0.5, 0.6) is 0 Å². The minimum Gasteiger partial charge on any atom is -0.378 e. The smallest absolute Gasteiger partial charge is 0.191 e. The quantitative estimate of drug-likeness (QED) is 0.356. The number of morpholine rings is 1. The van der Waals surface area contributed by atoms with Crippen molar-refractivity contribution in [2.24, 2.45) is 4.99 Å². The molecule has 1 aliphatic rings. The van der Waals surface area contributed by atoms with Crippen LogP contribution in [-0.2, 0) is 16.0 Å². The largest absolute Gasteiger partial charge is 0.378 e. The van der Waals surface area contributed by atoms with Crippen LogP contribution in [0.1, 0.15) is 26.3 Å². The molecule has 1 aromatic heterocycles. The van der Waals surface area contributed by atoms with Crippen molar-refractivity contribution in [3.05, 3.63) is 23.9 Å². The third-order valence-corrected chi connectivity index (χ3v) is 4.16. The second-order valence-corrected chi connectivity index (χ2v) is 6.60. The predicted octanol–water partition coefficient (Wildman–Crippen LogP) is 2.02. The van der Waals surface area contributed by atoms with Gasteiger partial charge in [-0.25, -0.2) is 9.98 Å². The maximum atomic E-state index is 5.45. The van der Waals surface area contributed by atoms with Crippen LogP contribution in [0.3, 0.4) is 0 Å². The second-order valence-electron chi connectivity index (χ2n) is 6.60. The summed E-state index contributed by atoms with van der Waals surface area (Å²) in [5.41, 5.74) is 0.872. The molecule has 0 saturated carbocycles. The Labute approximate surface area is 174 Å². The second kappa shape index (κ2) is 11.6. The zero-order valence-corrected chi connectivity index (χ0v) is 18.6. The molecule has 0 atom stereocenters. The van der Waals surface area contributed by atoms with Crippen molar-refractivity contribution in [1.29, 1.82) is 0 Å². The third-order valence-electron chi connectivity index (χ3n) is 4.16. The summed E-state index contributed by atoms with van der Waals surface area (Å²) in [4.78, 5) is 11.5. The van der Waals surface area contributed by atoms with Crippen molar-refractivity contribution < 1.29 is 9.47 Å². The first-order valence-electron chi connectivity index (χ1n) is 8.89. The van der Waals surface area contributed by atoms with Crippen molar-refractivity contribution in [3.63, 3.8) is 0 Å². The highest BCUT2D eigenvalue weighted by Gasteiger charge is 2.17. The van der Waals surface area contributed by atoms with Gasteiger partial charge in [0.15, 0.2) is 5.96 Å². The van der Waals surface area contributed by atoms with Gasteiger partial charge < -0.3 is 25.0 Å². The predicted molar refractivity (Wildman–Crippen MR) is 117 cm³/mol. The summed E-state index contributed by atoms with van der Waals surface area (Å²) in [5, 5.41) is 6.62. The van der Waals surface area contributed by atoms with E-state index < -0.39 is 0 Å². The number of hydrogen-bond donors (Lipinski definition) is 2. The average Bonchev–Trinajstić information content (AvgIpc) is 2.65. The van der Waals surface area contributed by atoms with E-state index in [1.807, 2.05) is 26.1 Å². The number of ether oxygens (including phenoxy) is 2. The number of aliphatic imine (C=N–C) groups is 1. The minimum absolute atomic E-state index is 0. The summed E-state index contributed by atoms with van der Waals surface area (Å²) in [6.07, 6.45) is 1.84. The number of methoxy groups -OCH3 is 1. The van der Waals surface area contributed by atoms with Gasteiger partial charge in [-0.3, -0.25) is 0 Å². The number of guanidine groups is 1. The molecule has 2 heterocycles. The van der Waals surface area contributed by atoms with Crippen molar-refractivity contribution in [2.75, 3.05) is 51.4 Å². The number of halogens is 1. The molecule has 148 valence electrons. The third kappa shape index (κ3) is 7.24. The molecule has 2 rings (SSSR count). The normalized spacial score (nSPS) is 15.4. The van der Waals surface area contributed by atoms with E-state index in [4.69, 9.17) is 14.5 Å². The highest BCUT2D eigenvalue weighted by Crippen LogP contribution is 2.19. The maximum absolute atomic E-state index is 5.45. The Bertz CT molecular complexity index is 562. The Morgan fingerprint density at radius 1 is 1.35 bits per heavy atom. The first kappa shape index (κ1) is 22.9. The lowest BCUT2D eigenvalue weighted by atomic mass is 10.1. The molecule has 8 heteroatoms. The molecule has 0 aromatic carbocycles. The summed E-state index contributed by atoms with van der Waals surface area (Å²) in [7, 11) is 1.72. The Kier molecular flexibility index (Phi) is 10.2. The van der Waals surface area contributed by atoms with E-state index in [2.05, 4.69) is 33.5 Å². The topological polar surface area (TPSA) is 71.0 Å². The van der Waals surface area contributed by atoms with E-state index in [0.29, 0.717) is 13.1 Å². The van der Waals surface area contributed by atoms with Gasteiger partial charge in [-0.15, -0.1) is 24.0 Å². The van der Waals surface area contributed by atoms with Gasteiger partial charge in [0.05, 0.1) is 25.4 Å². The van der Waals surface area contributed by atoms with E-state index in [1.54, 1.807) is 7.11 Å². The molecule has 26 heavy (non-hydrogen) atoms. The Hall–Kier alpha value is -1.13.